The first-order valence-electron chi connectivity index (χ1n) is 7.15. The number of rotatable bonds is 3. The number of nitrogens with zero attached hydrogens (tertiary/aromatic N) is 1. The molecule has 0 atom stereocenters. The number of benzene rings is 2. The van der Waals surface area contributed by atoms with Crippen LogP contribution in [0.3, 0.4) is 0 Å². The Kier molecular flexibility index (Phi) is 4.18. The smallest absolute Gasteiger partial charge is 0.302 e. The molecule has 0 spiro atoms. The molecule has 0 aromatic heterocycles. The van der Waals surface area contributed by atoms with Gasteiger partial charge < -0.3 is 4.74 Å². The van der Waals surface area contributed by atoms with Gasteiger partial charge in [-0.1, -0.05) is 29.8 Å². The summed E-state index contributed by atoms with van der Waals surface area (Å²) in [5, 5.41) is 8.40. The summed E-state index contributed by atoms with van der Waals surface area (Å²) in [5.74, 6) is -1.12. The lowest BCUT2D eigenvalue weighted by atomic mass is 10.1. The largest absolute Gasteiger partial charge is 0.419 e. The van der Waals surface area contributed by atoms with Crippen LogP contribution in [0.1, 0.15) is 15.9 Å². The lowest BCUT2D eigenvalue weighted by Crippen LogP contribution is -2.29. The molecule has 2 aromatic carbocycles. The highest BCUT2D eigenvalue weighted by atomic mass is 35.5. The summed E-state index contributed by atoms with van der Waals surface area (Å²) < 4.78 is 5.19. The normalized spacial score (nSPS) is 15.8. The highest BCUT2D eigenvalue weighted by Crippen LogP contribution is 2.27. The maximum Gasteiger partial charge on any atom is 0.302 e. The van der Waals surface area contributed by atoms with E-state index < -0.39 is 11.7 Å². The van der Waals surface area contributed by atoms with Crippen molar-refractivity contribution in [2.24, 2.45) is 0 Å². The molecule has 1 amide bonds. The fraction of sp³-hybridized carbons (Fsp3) is 0.0556. The van der Waals surface area contributed by atoms with E-state index in [0.717, 1.165) is 16.5 Å². The first-order chi connectivity index (χ1) is 11.5. The number of carbonyl (C=O) groups excluding carboxylic acids is 2. The average molecular weight is 341 g/mol. The van der Waals surface area contributed by atoms with Crippen LogP contribution in [0, 0.1) is 12.3 Å². The third-order valence-corrected chi connectivity index (χ3v) is 3.82. The number of para-hydroxylation sites is 1. The summed E-state index contributed by atoms with van der Waals surface area (Å²) in [7, 11) is 0. The Labute approximate surface area is 143 Å². The number of nitrogens with one attached hydrogen (secondary N) is 1. The first-order valence-corrected chi connectivity index (χ1v) is 7.53. The molecule has 1 aliphatic heterocycles. The van der Waals surface area contributed by atoms with Crippen LogP contribution < -0.4 is 4.90 Å². The van der Waals surface area contributed by atoms with E-state index in [1.165, 1.54) is 0 Å². The molecule has 3 rings (SSSR count). The van der Waals surface area contributed by atoms with E-state index in [9.17, 15) is 9.59 Å². The van der Waals surface area contributed by atoms with Gasteiger partial charge >= 0.3 is 11.9 Å². The predicted octanol–water partition coefficient (Wildman–Crippen LogP) is 3.71. The van der Waals surface area contributed by atoms with Crippen molar-refractivity contribution in [2.75, 3.05) is 4.90 Å². The van der Waals surface area contributed by atoms with Gasteiger partial charge in [-0.25, -0.2) is 4.90 Å². The second kappa shape index (κ2) is 6.29. The summed E-state index contributed by atoms with van der Waals surface area (Å²) in [6.07, 6.45) is 1.10. The van der Waals surface area contributed by atoms with Crippen molar-refractivity contribution in [3.8, 4) is 0 Å². The maximum absolute atomic E-state index is 12.5. The minimum Gasteiger partial charge on any atom is -0.419 e. The molecule has 1 N–H and O–H groups in total. The van der Waals surface area contributed by atoms with Crippen LogP contribution in [0.15, 0.2) is 60.4 Å². The Morgan fingerprint density at radius 2 is 1.83 bits per heavy atom. The zero-order valence-corrected chi connectivity index (χ0v) is 13.5. The molecule has 6 heteroatoms. The number of allylic oxidation sites excluding steroid dienone is 1. The highest BCUT2D eigenvalue weighted by Gasteiger charge is 2.36. The fourth-order valence-corrected chi connectivity index (χ4v) is 2.46. The maximum atomic E-state index is 12.5. The van der Waals surface area contributed by atoms with Gasteiger partial charge in [0.25, 0.3) is 0 Å². The zero-order chi connectivity index (χ0) is 17.3. The molecule has 1 saturated heterocycles. The predicted molar refractivity (Wildman–Crippen MR) is 91.3 cm³/mol. The van der Waals surface area contributed by atoms with E-state index in [1.54, 1.807) is 36.4 Å². The fourth-order valence-electron chi connectivity index (χ4n) is 2.34. The van der Waals surface area contributed by atoms with E-state index in [4.69, 9.17) is 21.7 Å². The number of hydrogen-bond acceptors (Lipinski definition) is 4. The Hall–Kier alpha value is -2.92. The molecule has 0 bridgehead atoms. The van der Waals surface area contributed by atoms with Crippen molar-refractivity contribution in [1.29, 1.82) is 5.41 Å². The molecular weight excluding hydrogens is 328 g/mol. The first kappa shape index (κ1) is 16.0. The topological polar surface area (TPSA) is 70.5 Å². The van der Waals surface area contributed by atoms with Crippen LogP contribution in [0.25, 0.3) is 0 Å². The van der Waals surface area contributed by atoms with Crippen LogP contribution in [-0.4, -0.2) is 17.7 Å². The van der Waals surface area contributed by atoms with Crippen LogP contribution in [0.2, 0.25) is 5.02 Å². The van der Waals surface area contributed by atoms with Crippen LogP contribution in [-0.2, 0) is 9.53 Å². The van der Waals surface area contributed by atoms with Gasteiger partial charge in [0.1, 0.15) is 0 Å². The third kappa shape index (κ3) is 2.94. The molecule has 5 nitrogen and oxygen atoms in total. The second-order valence-electron chi connectivity index (χ2n) is 5.21. The van der Waals surface area contributed by atoms with E-state index in [1.807, 2.05) is 19.1 Å². The van der Waals surface area contributed by atoms with Crippen molar-refractivity contribution < 1.29 is 14.3 Å². The SMILES string of the molecule is Cc1ccccc1N1C(=N)O/C(=C/C(=O)c2ccc(Cl)cc2)C1=O. The van der Waals surface area contributed by atoms with Crippen molar-refractivity contribution in [2.45, 2.75) is 6.92 Å². The molecule has 120 valence electrons. The summed E-state index contributed by atoms with van der Waals surface area (Å²) in [4.78, 5) is 25.9. The number of carbonyl (C=O) groups is 2. The molecule has 2 aromatic rings. The van der Waals surface area contributed by atoms with Crippen LogP contribution in [0.5, 0.6) is 0 Å². The summed E-state index contributed by atoms with van der Waals surface area (Å²) >= 11 is 5.79. The van der Waals surface area contributed by atoms with E-state index >= 15 is 0 Å². The van der Waals surface area contributed by atoms with Gasteiger partial charge in [-0.05, 0) is 42.8 Å². The number of amides is 1. The summed E-state index contributed by atoms with van der Waals surface area (Å²) in [6.45, 7) is 1.83. The number of halogens is 1. The Morgan fingerprint density at radius 3 is 2.50 bits per heavy atom. The van der Waals surface area contributed by atoms with Gasteiger partial charge in [0.2, 0.25) is 5.76 Å². The zero-order valence-electron chi connectivity index (χ0n) is 12.7. The molecule has 1 heterocycles. The minimum atomic E-state index is -0.545. The number of amidine groups is 1. The molecule has 0 radical (unpaired) electrons. The van der Waals surface area contributed by atoms with Gasteiger partial charge in [0, 0.05) is 16.7 Å². The summed E-state index contributed by atoms with van der Waals surface area (Å²) in [5.41, 5.74) is 1.75. The summed E-state index contributed by atoms with van der Waals surface area (Å²) in [6, 6.07) is 13.1. The quantitative estimate of drug-likeness (QED) is 0.684. The number of hydrogen-bond donors (Lipinski definition) is 1. The lowest BCUT2D eigenvalue weighted by molar-refractivity contribution is -0.114. The number of anilines is 1. The van der Waals surface area contributed by atoms with E-state index in [2.05, 4.69) is 0 Å². The Bertz CT molecular complexity index is 872. The van der Waals surface area contributed by atoms with E-state index in [0.29, 0.717) is 16.3 Å². The molecule has 0 saturated carbocycles. The lowest BCUT2D eigenvalue weighted by Gasteiger charge is -2.14. The van der Waals surface area contributed by atoms with Gasteiger partial charge in [-0.2, -0.15) is 0 Å². The standard InChI is InChI=1S/C18H13ClN2O3/c1-11-4-2-3-5-14(11)21-17(23)16(24-18(21)20)10-15(22)12-6-8-13(19)9-7-12/h2-10,20H,1H3/b16-10+,20-18?. The van der Waals surface area contributed by atoms with Gasteiger partial charge in [0.05, 0.1) is 5.69 Å². The molecule has 24 heavy (non-hydrogen) atoms. The molecule has 0 unspecified atom stereocenters. The average Bonchev–Trinajstić information content (AvgIpc) is 2.83. The Morgan fingerprint density at radius 1 is 1.17 bits per heavy atom. The van der Waals surface area contributed by atoms with Gasteiger partial charge in [-0.15, -0.1) is 0 Å². The van der Waals surface area contributed by atoms with Crippen molar-refractivity contribution in [3.63, 3.8) is 0 Å². The molecule has 0 aliphatic carbocycles. The van der Waals surface area contributed by atoms with Crippen molar-refractivity contribution in [3.05, 3.63) is 76.5 Å². The van der Waals surface area contributed by atoms with Crippen molar-refractivity contribution >= 4 is 35.0 Å². The molecule has 1 aliphatic rings. The number of ketones is 1. The second-order valence-corrected chi connectivity index (χ2v) is 5.65. The molecular formula is C18H13ClN2O3. The third-order valence-electron chi connectivity index (χ3n) is 3.57. The van der Waals surface area contributed by atoms with Crippen LogP contribution >= 0.6 is 11.6 Å². The van der Waals surface area contributed by atoms with Gasteiger partial charge in [-0.3, -0.25) is 15.0 Å². The number of aryl methyl sites for hydroxylation is 1. The highest BCUT2D eigenvalue weighted by molar-refractivity contribution is 6.30. The van der Waals surface area contributed by atoms with E-state index in [-0.39, 0.29) is 11.8 Å². The van der Waals surface area contributed by atoms with Crippen LogP contribution in [0.4, 0.5) is 5.69 Å². The molecule has 1 fully saturated rings. The monoisotopic (exact) mass is 340 g/mol. The Balaban J connectivity index is 1.90. The number of ether oxygens (including phenoxy) is 1. The van der Waals surface area contributed by atoms with Crippen molar-refractivity contribution in [1.82, 2.24) is 0 Å². The van der Waals surface area contributed by atoms with Gasteiger partial charge in [0.15, 0.2) is 5.78 Å². The minimum absolute atomic E-state index is 0.178.